The van der Waals surface area contributed by atoms with Crippen LogP contribution in [0, 0.1) is 5.92 Å². The summed E-state index contributed by atoms with van der Waals surface area (Å²) < 4.78 is 11.3. The largest absolute Gasteiger partial charge is 0.494 e. The van der Waals surface area contributed by atoms with Gasteiger partial charge < -0.3 is 14.8 Å². The number of ether oxygens (including phenoxy) is 2. The Balaban J connectivity index is 1.79. The van der Waals surface area contributed by atoms with Crippen LogP contribution in [-0.4, -0.2) is 25.8 Å². The second-order valence-corrected chi connectivity index (χ2v) is 5.11. The number of hydrogen-bond donors (Lipinski definition) is 1. The lowest BCUT2D eigenvalue weighted by atomic mass is 10.2. The van der Waals surface area contributed by atoms with Crippen LogP contribution in [0.5, 0.6) is 11.5 Å². The van der Waals surface area contributed by atoms with E-state index >= 15 is 0 Å². The van der Waals surface area contributed by atoms with Crippen molar-refractivity contribution in [3.8, 4) is 11.5 Å². The van der Waals surface area contributed by atoms with Crippen molar-refractivity contribution < 1.29 is 9.47 Å². The summed E-state index contributed by atoms with van der Waals surface area (Å²) in [4.78, 5) is 0. The van der Waals surface area contributed by atoms with E-state index < -0.39 is 0 Å². The van der Waals surface area contributed by atoms with Crippen LogP contribution in [0.15, 0.2) is 24.3 Å². The maximum absolute atomic E-state index is 5.88. The lowest BCUT2D eigenvalue weighted by Crippen LogP contribution is -2.37. The topological polar surface area (TPSA) is 30.5 Å². The van der Waals surface area contributed by atoms with Gasteiger partial charge in [0.05, 0.1) is 6.61 Å². The first-order valence-corrected chi connectivity index (χ1v) is 7.42. The van der Waals surface area contributed by atoms with Crippen molar-refractivity contribution in [2.45, 2.75) is 39.2 Å². The smallest absolute Gasteiger partial charge is 0.119 e. The summed E-state index contributed by atoms with van der Waals surface area (Å²) in [7, 11) is 0. The fraction of sp³-hybridized carbons (Fsp3) is 0.625. The second-order valence-electron chi connectivity index (χ2n) is 5.11. The van der Waals surface area contributed by atoms with Gasteiger partial charge in [-0.25, -0.2) is 0 Å². The molecule has 2 rings (SSSR count). The van der Waals surface area contributed by atoms with Gasteiger partial charge in [-0.15, -0.1) is 0 Å². The van der Waals surface area contributed by atoms with E-state index in [1.54, 1.807) is 0 Å². The van der Waals surface area contributed by atoms with Gasteiger partial charge in [-0.05, 0) is 62.9 Å². The van der Waals surface area contributed by atoms with E-state index in [1.807, 2.05) is 31.2 Å². The van der Waals surface area contributed by atoms with Crippen LogP contribution in [0.25, 0.3) is 0 Å². The summed E-state index contributed by atoms with van der Waals surface area (Å²) in [5.41, 5.74) is 0. The van der Waals surface area contributed by atoms with Crippen LogP contribution in [-0.2, 0) is 0 Å². The minimum Gasteiger partial charge on any atom is -0.494 e. The van der Waals surface area contributed by atoms with Crippen LogP contribution < -0.4 is 14.8 Å². The van der Waals surface area contributed by atoms with E-state index in [1.165, 1.54) is 19.3 Å². The molecule has 0 radical (unpaired) electrons. The van der Waals surface area contributed by atoms with Gasteiger partial charge in [-0.3, -0.25) is 0 Å². The first-order chi connectivity index (χ1) is 9.33. The lowest BCUT2D eigenvalue weighted by Gasteiger charge is -2.18. The quantitative estimate of drug-likeness (QED) is 0.742. The molecule has 0 aromatic heterocycles. The van der Waals surface area contributed by atoms with Gasteiger partial charge >= 0.3 is 0 Å². The third-order valence-electron chi connectivity index (χ3n) is 3.41. The second kappa shape index (κ2) is 7.39. The minimum atomic E-state index is 0.506. The molecule has 3 nitrogen and oxygen atoms in total. The van der Waals surface area contributed by atoms with Gasteiger partial charge in [0.2, 0.25) is 0 Å². The Morgan fingerprint density at radius 1 is 1.11 bits per heavy atom. The molecule has 3 heteroatoms. The maximum atomic E-state index is 5.88. The van der Waals surface area contributed by atoms with Crippen molar-refractivity contribution >= 4 is 0 Å². The third kappa shape index (κ3) is 4.75. The third-order valence-corrected chi connectivity index (χ3v) is 3.41. The lowest BCUT2D eigenvalue weighted by molar-refractivity contribution is 0.249. The molecule has 1 aliphatic carbocycles. The Morgan fingerprint density at radius 2 is 1.74 bits per heavy atom. The maximum Gasteiger partial charge on any atom is 0.119 e. The number of hydrogen-bond acceptors (Lipinski definition) is 3. The average molecular weight is 263 g/mol. The molecule has 1 aliphatic rings. The predicted octanol–water partition coefficient (Wildman–Crippen LogP) is 3.24. The summed E-state index contributed by atoms with van der Waals surface area (Å²) in [6.07, 6.45) is 3.86. The molecule has 1 atom stereocenters. The van der Waals surface area contributed by atoms with Crippen LogP contribution >= 0.6 is 0 Å². The molecule has 106 valence electrons. The Hall–Kier alpha value is -1.22. The Morgan fingerprint density at radius 3 is 2.26 bits per heavy atom. The summed E-state index contributed by atoms with van der Waals surface area (Å²) >= 11 is 0. The van der Waals surface area contributed by atoms with Crippen molar-refractivity contribution in [1.29, 1.82) is 0 Å². The molecule has 1 aromatic carbocycles. The normalized spacial score (nSPS) is 16.1. The first kappa shape index (κ1) is 14.2. The molecule has 1 fully saturated rings. The fourth-order valence-corrected chi connectivity index (χ4v) is 2.17. The SMILES string of the molecule is CCCNC(COc1ccc(OCC)cc1)C1CC1. The van der Waals surface area contributed by atoms with Crippen LogP contribution in [0.4, 0.5) is 0 Å². The average Bonchev–Trinajstić information content (AvgIpc) is 3.25. The zero-order valence-corrected chi connectivity index (χ0v) is 12.0. The zero-order chi connectivity index (χ0) is 13.5. The Bertz CT molecular complexity index is 360. The summed E-state index contributed by atoms with van der Waals surface area (Å²) in [5, 5.41) is 3.58. The highest BCUT2D eigenvalue weighted by atomic mass is 16.5. The molecule has 0 heterocycles. The molecule has 0 aliphatic heterocycles. The molecule has 0 amide bonds. The Kier molecular flexibility index (Phi) is 5.52. The molecule has 0 bridgehead atoms. The van der Waals surface area contributed by atoms with Crippen molar-refractivity contribution in [3.05, 3.63) is 24.3 Å². The standard InChI is InChI=1S/C16H25NO2/c1-3-11-17-16(13-5-6-13)12-19-15-9-7-14(8-10-15)18-4-2/h7-10,13,16-17H,3-6,11-12H2,1-2H3. The van der Waals surface area contributed by atoms with E-state index in [2.05, 4.69) is 12.2 Å². The molecule has 1 unspecified atom stereocenters. The van der Waals surface area contributed by atoms with Crippen molar-refractivity contribution in [2.75, 3.05) is 19.8 Å². The number of nitrogens with one attached hydrogen (secondary N) is 1. The number of rotatable bonds is 9. The van der Waals surface area contributed by atoms with Crippen molar-refractivity contribution in [3.63, 3.8) is 0 Å². The monoisotopic (exact) mass is 263 g/mol. The summed E-state index contributed by atoms with van der Waals surface area (Å²) in [6, 6.07) is 8.39. The highest BCUT2D eigenvalue weighted by molar-refractivity contribution is 5.31. The van der Waals surface area contributed by atoms with Gasteiger partial charge in [-0.2, -0.15) is 0 Å². The molecule has 1 aromatic rings. The zero-order valence-electron chi connectivity index (χ0n) is 12.0. The van der Waals surface area contributed by atoms with Crippen LogP contribution in [0.1, 0.15) is 33.1 Å². The first-order valence-electron chi connectivity index (χ1n) is 7.42. The van der Waals surface area contributed by atoms with E-state index in [0.29, 0.717) is 12.6 Å². The number of benzene rings is 1. The molecule has 1 N–H and O–H groups in total. The molecule has 19 heavy (non-hydrogen) atoms. The van der Waals surface area contributed by atoms with Gasteiger partial charge in [-0.1, -0.05) is 6.92 Å². The van der Waals surface area contributed by atoms with Crippen molar-refractivity contribution in [1.82, 2.24) is 5.32 Å². The highest BCUT2D eigenvalue weighted by Gasteiger charge is 2.31. The van der Waals surface area contributed by atoms with E-state index in [4.69, 9.17) is 9.47 Å². The summed E-state index contributed by atoms with van der Waals surface area (Å²) in [6.45, 7) is 6.73. The molecule has 1 saturated carbocycles. The van der Waals surface area contributed by atoms with Crippen LogP contribution in [0.2, 0.25) is 0 Å². The van der Waals surface area contributed by atoms with Crippen molar-refractivity contribution in [2.24, 2.45) is 5.92 Å². The van der Waals surface area contributed by atoms with E-state index in [-0.39, 0.29) is 0 Å². The van der Waals surface area contributed by atoms with Gasteiger partial charge in [0.25, 0.3) is 0 Å². The molecule has 0 saturated heterocycles. The van der Waals surface area contributed by atoms with E-state index in [9.17, 15) is 0 Å². The molecular weight excluding hydrogens is 238 g/mol. The highest BCUT2D eigenvalue weighted by Crippen LogP contribution is 2.33. The van der Waals surface area contributed by atoms with Gasteiger partial charge in [0.15, 0.2) is 0 Å². The summed E-state index contributed by atoms with van der Waals surface area (Å²) in [5.74, 6) is 2.64. The molecular formula is C16H25NO2. The van der Waals surface area contributed by atoms with Gasteiger partial charge in [0.1, 0.15) is 18.1 Å². The minimum absolute atomic E-state index is 0.506. The Labute approximate surface area is 116 Å². The fourth-order valence-electron chi connectivity index (χ4n) is 2.17. The predicted molar refractivity (Wildman–Crippen MR) is 77.9 cm³/mol. The van der Waals surface area contributed by atoms with E-state index in [0.717, 1.165) is 30.6 Å². The van der Waals surface area contributed by atoms with Gasteiger partial charge in [0, 0.05) is 6.04 Å². The van der Waals surface area contributed by atoms with Crippen LogP contribution in [0.3, 0.4) is 0 Å². The molecule has 0 spiro atoms.